The molecule has 1 aromatic heterocycles. The molecule has 1 rings (SSSR count). The highest BCUT2D eigenvalue weighted by atomic mass is 16.3. The average Bonchev–Trinajstić information content (AvgIpc) is 2.18. The maximum atomic E-state index is 4.95. The zero-order valence-corrected chi connectivity index (χ0v) is 5.55. The fourth-order valence-corrected chi connectivity index (χ4v) is 0.751. The van der Waals surface area contributed by atoms with Gasteiger partial charge in [-0.3, -0.25) is 0 Å². The van der Waals surface area contributed by atoms with Crippen LogP contribution in [0, 0.1) is 6.92 Å². The van der Waals surface area contributed by atoms with E-state index in [1.807, 2.05) is 13.0 Å². The van der Waals surface area contributed by atoms with Crippen molar-refractivity contribution >= 4 is 0 Å². The molecule has 1 aromatic rings. The van der Waals surface area contributed by atoms with Gasteiger partial charge in [0.2, 0.25) is 0 Å². The first-order valence-corrected chi connectivity index (χ1v) is 2.97. The second-order valence-electron chi connectivity index (χ2n) is 2.07. The molecule has 48 valence electrons. The quantitative estimate of drug-likeness (QED) is 0.548. The summed E-state index contributed by atoms with van der Waals surface area (Å²) >= 11 is 0. The van der Waals surface area contributed by atoms with Gasteiger partial charge in [0.15, 0.2) is 0 Å². The first kappa shape index (κ1) is 6.14. The predicted octanol–water partition coefficient (Wildman–Crippen LogP) is 2.32. The fourth-order valence-electron chi connectivity index (χ4n) is 0.751. The highest BCUT2D eigenvalue weighted by molar-refractivity contribution is 5.20. The SMILES string of the molecule is C=CCc1cocc1C. The third-order valence-corrected chi connectivity index (χ3v) is 1.33. The van der Waals surface area contributed by atoms with Crippen LogP contribution in [0.2, 0.25) is 0 Å². The molecule has 0 saturated carbocycles. The van der Waals surface area contributed by atoms with Crippen molar-refractivity contribution in [2.24, 2.45) is 0 Å². The average molecular weight is 122 g/mol. The van der Waals surface area contributed by atoms with Gasteiger partial charge in [0.05, 0.1) is 12.5 Å². The third-order valence-electron chi connectivity index (χ3n) is 1.33. The molecule has 0 unspecified atom stereocenters. The van der Waals surface area contributed by atoms with Crippen molar-refractivity contribution in [3.8, 4) is 0 Å². The Hall–Kier alpha value is -0.980. The van der Waals surface area contributed by atoms with Crippen LogP contribution >= 0.6 is 0 Å². The first-order valence-electron chi connectivity index (χ1n) is 2.97. The maximum absolute atomic E-state index is 4.95. The number of rotatable bonds is 2. The number of allylic oxidation sites excluding steroid dienone is 1. The Morgan fingerprint density at radius 2 is 2.44 bits per heavy atom. The van der Waals surface area contributed by atoms with Crippen LogP contribution in [0.1, 0.15) is 11.1 Å². The van der Waals surface area contributed by atoms with Crippen LogP contribution in [0.4, 0.5) is 0 Å². The summed E-state index contributed by atoms with van der Waals surface area (Å²) < 4.78 is 4.95. The lowest BCUT2D eigenvalue weighted by Gasteiger charge is -1.87. The van der Waals surface area contributed by atoms with Gasteiger partial charge in [0.1, 0.15) is 0 Å². The Morgan fingerprint density at radius 1 is 1.67 bits per heavy atom. The molecule has 0 aliphatic heterocycles. The maximum Gasteiger partial charge on any atom is 0.0940 e. The lowest BCUT2D eigenvalue weighted by atomic mass is 10.2. The molecular formula is C8H10O. The smallest absolute Gasteiger partial charge is 0.0940 e. The van der Waals surface area contributed by atoms with Crippen molar-refractivity contribution in [3.05, 3.63) is 36.3 Å². The minimum absolute atomic E-state index is 0.905. The Morgan fingerprint density at radius 3 is 2.89 bits per heavy atom. The van der Waals surface area contributed by atoms with E-state index >= 15 is 0 Å². The summed E-state index contributed by atoms with van der Waals surface area (Å²) in [5, 5.41) is 0. The van der Waals surface area contributed by atoms with Crippen molar-refractivity contribution in [2.75, 3.05) is 0 Å². The number of aryl methyl sites for hydroxylation is 1. The van der Waals surface area contributed by atoms with Crippen LogP contribution in [-0.2, 0) is 6.42 Å². The highest BCUT2D eigenvalue weighted by Crippen LogP contribution is 2.08. The molecule has 9 heavy (non-hydrogen) atoms. The molecular weight excluding hydrogens is 112 g/mol. The molecule has 0 fully saturated rings. The van der Waals surface area contributed by atoms with Crippen molar-refractivity contribution in [1.82, 2.24) is 0 Å². The Balaban J connectivity index is 2.80. The van der Waals surface area contributed by atoms with Crippen molar-refractivity contribution in [1.29, 1.82) is 0 Å². The van der Waals surface area contributed by atoms with E-state index < -0.39 is 0 Å². The molecule has 1 nitrogen and oxygen atoms in total. The van der Waals surface area contributed by atoms with Crippen LogP contribution in [0.5, 0.6) is 0 Å². The van der Waals surface area contributed by atoms with E-state index in [4.69, 9.17) is 4.42 Å². The summed E-state index contributed by atoms with van der Waals surface area (Å²) in [5.41, 5.74) is 2.43. The minimum atomic E-state index is 0.905. The highest BCUT2D eigenvalue weighted by Gasteiger charge is 1.95. The van der Waals surface area contributed by atoms with Gasteiger partial charge in [-0.2, -0.15) is 0 Å². The summed E-state index contributed by atoms with van der Waals surface area (Å²) in [4.78, 5) is 0. The van der Waals surface area contributed by atoms with Gasteiger partial charge in [-0.25, -0.2) is 0 Å². The molecule has 0 aliphatic carbocycles. The molecule has 0 bridgehead atoms. The minimum Gasteiger partial charge on any atom is -0.472 e. The molecule has 0 radical (unpaired) electrons. The molecule has 0 atom stereocenters. The molecule has 0 saturated heterocycles. The zero-order valence-electron chi connectivity index (χ0n) is 5.55. The van der Waals surface area contributed by atoms with E-state index in [2.05, 4.69) is 6.58 Å². The number of furan rings is 1. The molecule has 1 heterocycles. The lowest BCUT2D eigenvalue weighted by molar-refractivity contribution is 0.563. The Labute approximate surface area is 55.0 Å². The van der Waals surface area contributed by atoms with Crippen LogP contribution in [-0.4, -0.2) is 0 Å². The van der Waals surface area contributed by atoms with Gasteiger partial charge in [-0.1, -0.05) is 6.08 Å². The Bertz CT molecular complexity index is 198. The van der Waals surface area contributed by atoms with E-state index in [1.54, 1.807) is 12.5 Å². The monoisotopic (exact) mass is 122 g/mol. The van der Waals surface area contributed by atoms with E-state index in [-0.39, 0.29) is 0 Å². The summed E-state index contributed by atoms with van der Waals surface area (Å²) in [7, 11) is 0. The summed E-state index contributed by atoms with van der Waals surface area (Å²) in [6.07, 6.45) is 6.29. The molecule has 0 spiro atoms. The lowest BCUT2D eigenvalue weighted by Crippen LogP contribution is -1.77. The molecule has 0 aliphatic rings. The molecule has 0 N–H and O–H groups in total. The van der Waals surface area contributed by atoms with E-state index in [0.717, 1.165) is 6.42 Å². The standard InChI is InChI=1S/C8H10O/c1-3-4-8-6-9-5-7(8)2/h3,5-6H,1,4H2,2H3. The van der Waals surface area contributed by atoms with Gasteiger partial charge in [0.25, 0.3) is 0 Å². The third kappa shape index (κ3) is 1.22. The molecule has 0 amide bonds. The first-order chi connectivity index (χ1) is 4.34. The summed E-state index contributed by atoms with van der Waals surface area (Å²) in [5.74, 6) is 0. The second kappa shape index (κ2) is 2.53. The van der Waals surface area contributed by atoms with Gasteiger partial charge in [-0.05, 0) is 24.5 Å². The van der Waals surface area contributed by atoms with Crippen LogP contribution in [0.25, 0.3) is 0 Å². The number of hydrogen-bond donors (Lipinski definition) is 0. The van der Waals surface area contributed by atoms with Crippen molar-refractivity contribution in [3.63, 3.8) is 0 Å². The molecule has 1 heteroatoms. The normalized spacial score (nSPS) is 9.44. The summed E-state index contributed by atoms with van der Waals surface area (Å²) in [6, 6.07) is 0. The van der Waals surface area contributed by atoms with Crippen LogP contribution < -0.4 is 0 Å². The fraction of sp³-hybridized carbons (Fsp3) is 0.250. The van der Waals surface area contributed by atoms with Crippen LogP contribution in [0.15, 0.2) is 29.6 Å². The second-order valence-corrected chi connectivity index (χ2v) is 2.07. The predicted molar refractivity (Wildman–Crippen MR) is 37.3 cm³/mol. The van der Waals surface area contributed by atoms with E-state index in [1.165, 1.54) is 11.1 Å². The van der Waals surface area contributed by atoms with Gasteiger partial charge >= 0.3 is 0 Å². The van der Waals surface area contributed by atoms with Gasteiger partial charge < -0.3 is 4.42 Å². The van der Waals surface area contributed by atoms with Crippen LogP contribution in [0.3, 0.4) is 0 Å². The van der Waals surface area contributed by atoms with Gasteiger partial charge in [0, 0.05) is 0 Å². The number of hydrogen-bond acceptors (Lipinski definition) is 1. The van der Waals surface area contributed by atoms with Crippen molar-refractivity contribution < 1.29 is 4.42 Å². The zero-order chi connectivity index (χ0) is 6.69. The molecule has 0 aromatic carbocycles. The Kier molecular flexibility index (Phi) is 1.73. The van der Waals surface area contributed by atoms with Gasteiger partial charge in [-0.15, -0.1) is 6.58 Å². The van der Waals surface area contributed by atoms with E-state index in [0.29, 0.717) is 0 Å². The summed E-state index contributed by atoms with van der Waals surface area (Å²) in [6.45, 7) is 5.67. The largest absolute Gasteiger partial charge is 0.472 e. The van der Waals surface area contributed by atoms with E-state index in [9.17, 15) is 0 Å². The van der Waals surface area contributed by atoms with Crippen molar-refractivity contribution in [2.45, 2.75) is 13.3 Å². The topological polar surface area (TPSA) is 13.1 Å².